The smallest absolute Gasteiger partial charge is 0.335 e. The van der Waals surface area contributed by atoms with Gasteiger partial charge in [-0.05, 0) is 24.6 Å². The fourth-order valence-electron chi connectivity index (χ4n) is 1.89. The van der Waals surface area contributed by atoms with Crippen molar-refractivity contribution in [2.45, 2.75) is 13.3 Å². The maximum atomic E-state index is 12.2. The van der Waals surface area contributed by atoms with Crippen molar-refractivity contribution in [1.29, 1.82) is 0 Å². The van der Waals surface area contributed by atoms with E-state index in [-0.39, 0.29) is 16.5 Å². The van der Waals surface area contributed by atoms with Crippen LogP contribution in [0.25, 0.3) is 0 Å². The fraction of sp³-hybridized carbons (Fsp3) is 0.385. The monoisotopic (exact) mass is 283 g/mol. The predicted octanol–water partition coefficient (Wildman–Crippen LogP) is 2.40. The molecule has 1 saturated heterocycles. The summed E-state index contributed by atoms with van der Waals surface area (Å²) < 4.78 is 5.09. The van der Waals surface area contributed by atoms with Crippen LogP contribution in [0.2, 0.25) is 5.02 Å². The SMILES string of the molecule is CCC1(C(=O)Nc2cc(Cl)cc(C(=O)O)c2)COC1. The molecule has 1 aliphatic heterocycles. The van der Waals surface area contributed by atoms with Crippen LogP contribution in [0.4, 0.5) is 5.69 Å². The second-order valence-electron chi connectivity index (χ2n) is 4.61. The standard InChI is InChI=1S/C13H14ClNO4/c1-2-13(6-19-7-13)12(18)15-10-4-8(11(16)17)3-9(14)5-10/h3-5H,2,6-7H2,1H3,(H,15,18)(H,16,17). The van der Waals surface area contributed by atoms with Crippen LogP contribution in [0.3, 0.4) is 0 Å². The van der Waals surface area contributed by atoms with Crippen LogP contribution in [0.15, 0.2) is 18.2 Å². The first-order valence-corrected chi connectivity index (χ1v) is 6.28. The van der Waals surface area contributed by atoms with E-state index in [1.54, 1.807) is 0 Å². The molecular weight excluding hydrogens is 270 g/mol. The number of halogens is 1. The van der Waals surface area contributed by atoms with Crippen LogP contribution in [0.1, 0.15) is 23.7 Å². The van der Waals surface area contributed by atoms with E-state index in [1.807, 2.05) is 6.92 Å². The van der Waals surface area contributed by atoms with Crippen LogP contribution < -0.4 is 5.32 Å². The number of benzene rings is 1. The third-order valence-corrected chi connectivity index (χ3v) is 3.54. The summed E-state index contributed by atoms with van der Waals surface area (Å²) in [6.07, 6.45) is 0.672. The molecule has 0 atom stereocenters. The van der Waals surface area contributed by atoms with E-state index in [4.69, 9.17) is 21.4 Å². The lowest BCUT2D eigenvalue weighted by atomic mass is 9.82. The number of aromatic carboxylic acids is 1. The average molecular weight is 284 g/mol. The highest BCUT2D eigenvalue weighted by Crippen LogP contribution is 2.33. The van der Waals surface area contributed by atoms with Gasteiger partial charge in [-0.2, -0.15) is 0 Å². The molecule has 6 heteroatoms. The molecule has 1 fully saturated rings. The van der Waals surface area contributed by atoms with Gasteiger partial charge in [0, 0.05) is 10.7 Å². The van der Waals surface area contributed by atoms with Gasteiger partial charge in [0.15, 0.2) is 0 Å². The van der Waals surface area contributed by atoms with Crippen molar-refractivity contribution < 1.29 is 19.4 Å². The van der Waals surface area contributed by atoms with E-state index < -0.39 is 11.4 Å². The number of carboxylic acids is 1. The Morgan fingerprint density at radius 3 is 2.58 bits per heavy atom. The van der Waals surface area contributed by atoms with Gasteiger partial charge in [0.05, 0.1) is 24.2 Å². The molecule has 1 aromatic carbocycles. The summed E-state index contributed by atoms with van der Waals surface area (Å²) in [5.41, 5.74) is -0.0843. The number of hydrogen-bond donors (Lipinski definition) is 2. The molecule has 1 aromatic rings. The van der Waals surface area contributed by atoms with E-state index in [9.17, 15) is 9.59 Å². The first-order valence-electron chi connectivity index (χ1n) is 5.90. The lowest BCUT2D eigenvalue weighted by Crippen LogP contribution is -2.51. The Morgan fingerprint density at radius 1 is 1.42 bits per heavy atom. The fourth-order valence-corrected chi connectivity index (χ4v) is 2.13. The Labute approximate surface area is 115 Å². The molecule has 0 saturated carbocycles. The maximum Gasteiger partial charge on any atom is 0.335 e. The molecule has 0 bridgehead atoms. The number of anilines is 1. The molecule has 1 amide bonds. The number of carbonyl (C=O) groups is 2. The van der Waals surface area contributed by atoms with E-state index in [1.165, 1.54) is 18.2 Å². The van der Waals surface area contributed by atoms with Crippen molar-refractivity contribution in [3.63, 3.8) is 0 Å². The van der Waals surface area contributed by atoms with E-state index in [0.29, 0.717) is 25.3 Å². The van der Waals surface area contributed by atoms with Gasteiger partial charge >= 0.3 is 5.97 Å². The van der Waals surface area contributed by atoms with Crippen LogP contribution in [-0.2, 0) is 9.53 Å². The first-order chi connectivity index (χ1) is 8.97. The van der Waals surface area contributed by atoms with Gasteiger partial charge in [0.1, 0.15) is 0 Å². The van der Waals surface area contributed by atoms with Crippen LogP contribution in [-0.4, -0.2) is 30.2 Å². The Hall–Kier alpha value is -1.59. The Bertz CT molecular complexity index is 520. The molecular formula is C13H14ClNO4. The van der Waals surface area contributed by atoms with Crippen molar-refractivity contribution in [1.82, 2.24) is 0 Å². The first kappa shape index (κ1) is 13.8. The van der Waals surface area contributed by atoms with Gasteiger partial charge < -0.3 is 15.2 Å². The summed E-state index contributed by atoms with van der Waals surface area (Å²) in [5, 5.41) is 11.9. The second kappa shape index (κ2) is 5.19. The summed E-state index contributed by atoms with van der Waals surface area (Å²) in [7, 11) is 0. The topological polar surface area (TPSA) is 75.6 Å². The van der Waals surface area contributed by atoms with E-state index in [2.05, 4.69) is 5.32 Å². The quantitative estimate of drug-likeness (QED) is 0.890. The molecule has 1 heterocycles. The minimum Gasteiger partial charge on any atom is -0.478 e. The van der Waals surface area contributed by atoms with Crippen LogP contribution in [0.5, 0.6) is 0 Å². The Balaban J connectivity index is 2.19. The second-order valence-corrected chi connectivity index (χ2v) is 5.05. The predicted molar refractivity (Wildman–Crippen MR) is 70.6 cm³/mol. The van der Waals surface area contributed by atoms with Crippen LogP contribution >= 0.6 is 11.6 Å². The van der Waals surface area contributed by atoms with Gasteiger partial charge in [0.2, 0.25) is 5.91 Å². The average Bonchev–Trinajstić information content (AvgIpc) is 2.27. The largest absolute Gasteiger partial charge is 0.478 e. The number of ether oxygens (including phenoxy) is 1. The number of rotatable bonds is 4. The molecule has 0 unspecified atom stereocenters. The minimum absolute atomic E-state index is 0.0400. The van der Waals surface area contributed by atoms with Gasteiger partial charge in [0.25, 0.3) is 0 Å². The summed E-state index contributed by atoms with van der Waals surface area (Å²) >= 11 is 5.83. The molecule has 1 aliphatic rings. The molecule has 0 spiro atoms. The summed E-state index contributed by atoms with van der Waals surface area (Å²) in [5.74, 6) is -1.25. The lowest BCUT2D eigenvalue weighted by molar-refractivity contribution is -0.156. The molecule has 19 heavy (non-hydrogen) atoms. The van der Waals surface area contributed by atoms with Gasteiger partial charge in [-0.1, -0.05) is 18.5 Å². The van der Waals surface area contributed by atoms with Gasteiger partial charge in [-0.15, -0.1) is 0 Å². The molecule has 2 N–H and O–H groups in total. The van der Waals surface area contributed by atoms with Crippen LogP contribution in [0, 0.1) is 5.41 Å². The van der Waals surface area contributed by atoms with Crippen molar-refractivity contribution in [2.24, 2.45) is 5.41 Å². The number of nitrogens with one attached hydrogen (secondary N) is 1. The van der Waals surface area contributed by atoms with E-state index in [0.717, 1.165) is 0 Å². The zero-order valence-corrected chi connectivity index (χ0v) is 11.2. The molecule has 5 nitrogen and oxygen atoms in total. The van der Waals surface area contributed by atoms with Crippen molar-refractivity contribution in [3.8, 4) is 0 Å². The summed E-state index contributed by atoms with van der Waals surface area (Å²) in [4.78, 5) is 23.1. The van der Waals surface area contributed by atoms with Gasteiger partial charge in [-0.25, -0.2) is 4.79 Å². The zero-order valence-electron chi connectivity index (χ0n) is 10.4. The maximum absolute atomic E-state index is 12.2. The third-order valence-electron chi connectivity index (χ3n) is 3.32. The highest BCUT2D eigenvalue weighted by molar-refractivity contribution is 6.31. The third kappa shape index (κ3) is 2.72. The van der Waals surface area contributed by atoms with Crippen molar-refractivity contribution >= 4 is 29.2 Å². The number of hydrogen-bond acceptors (Lipinski definition) is 3. The molecule has 2 rings (SSSR count). The van der Waals surface area contributed by atoms with Crippen molar-refractivity contribution in [2.75, 3.05) is 18.5 Å². The molecule has 0 aromatic heterocycles. The number of carbonyl (C=O) groups excluding carboxylic acids is 1. The Kier molecular flexibility index (Phi) is 3.78. The zero-order chi connectivity index (χ0) is 14.0. The number of amides is 1. The highest BCUT2D eigenvalue weighted by atomic mass is 35.5. The highest BCUT2D eigenvalue weighted by Gasteiger charge is 2.44. The normalized spacial score (nSPS) is 16.5. The molecule has 0 radical (unpaired) electrons. The summed E-state index contributed by atoms with van der Waals surface area (Å²) in [6, 6.07) is 4.24. The number of carboxylic acid groups (broad SMARTS) is 1. The Morgan fingerprint density at radius 2 is 2.11 bits per heavy atom. The lowest BCUT2D eigenvalue weighted by Gasteiger charge is -2.39. The summed E-state index contributed by atoms with van der Waals surface area (Å²) in [6.45, 7) is 2.70. The molecule has 0 aliphatic carbocycles. The minimum atomic E-state index is -1.09. The van der Waals surface area contributed by atoms with Gasteiger partial charge in [-0.3, -0.25) is 4.79 Å². The van der Waals surface area contributed by atoms with Crippen molar-refractivity contribution in [3.05, 3.63) is 28.8 Å². The van der Waals surface area contributed by atoms with E-state index >= 15 is 0 Å². The molecule has 102 valence electrons.